The molecule has 0 spiro atoms. The third-order valence-electron chi connectivity index (χ3n) is 4.27. The zero-order chi connectivity index (χ0) is 17.4. The van der Waals surface area contributed by atoms with Crippen LogP contribution < -0.4 is 10.6 Å². The minimum Gasteiger partial charge on any atom is -0.363 e. The number of alkyl halides is 3. The molecule has 8 heteroatoms. The predicted octanol–water partition coefficient (Wildman–Crippen LogP) is 3.06. The lowest BCUT2D eigenvalue weighted by Crippen LogP contribution is -2.29. The molecule has 1 saturated heterocycles. The molecule has 25 heavy (non-hydrogen) atoms. The van der Waals surface area contributed by atoms with Gasteiger partial charge in [-0.3, -0.25) is 4.40 Å². The maximum absolute atomic E-state index is 13.7. The first kappa shape index (κ1) is 15.9. The van der Waals surface area contributed by atoms with Crippen LogP contribution in [0.4, 0.5) is 19.0 Å². The van der Waals surface area contributed by atoms with Gasteiger partial charge < -0.3 is 10.6 Å². The van der Waals surface area contributed by atoms with Gasteiger partial charge in [0, 0.05) is 24.8 Å². The summed E-state index contributed by atoms with van der Waals surface area (Å²) >= 11 is 0. The second-order valence-electron chi connectivity index (χ2n) is 5.97. The first-order valence-electron chi connectivity index (χ1n) is 7.96. The number of pyridine rings is 2. The van der Waals surface area contributed by atoms with E-state index in [1.807, 2.05) is 0 Å². The van der Waals surface area contributed by atoms with Crippen LogP contribution in [0.25, 0.3) is 17.0 Å². The Bertz CT molecular complexity index is 895. The molecule has 0 radical (unpaired) electrons. The summed E-state index contributed by atoms with van der Waals surface area (Å²) < 4.78 is 41.2. The number of imidazole rings is 1. The molecule has 1 fully saturated rings. The smallest absolute Gasteiger partial charge is 0.265 e. The van der Waals surface area contributed by atoms with Crippen molar-refractivity contribution in [2.75, 3.05) is 18.4 Å². The summed E-state index contributed by atoms with van der Waals surface area (Å²) in [6.45, 7) is 0.849. The Hall–Kier alpha value is -2.61. The molecular formula is C17H16F3N5. The van der Waals surface area contributed by atoms with E-state index in [1.165, 1.54) is 12.3 Å². The molecule has 3 aromatic rings. The van der Waals surface area contributed by atoms with Crippen molar-refractivity contribution in [3.63, 3.8) is 0 Å². The fourth-order valence-corrected chi connectivity index (χ4v) is 2.95. The van der Waals surface area contributed by atoms with Crippen molar-refractivity contribution >= 4 is 11.5 Å². The number of nitrogens with one attached hydrogen (secondary N) is 2. The summed E-state index contributed by atoms with van der Waals surface area (Å²) in [4.78, 5) is 8.71. The minimum absolute atomic E-state index is 0.0849. The van der Waals surface area contributed by atoms with Crippen LogP contribution in [0.1, 0.15) is 12.0 Å². The summed E-state index contributed by atoms with van der Waals surface area (Å²) in [5.74, 6) is 0.536. The van der Waals surface area contributed by atoms with Crippen LogP contribution in [0.2, 0.25) is 0 Å². The van der Waals surface area contributed by atoms with Crippen molar-refractivity contribution in [3.05, 3.63) is 48.3 Å². The third-order valence-corrected chi connectivity index (χ3v) is 4.27. The van der Waals surface area contributed by atoms with Crippen molar-refractivity contribution in [2.45, 2.75) is 18.6 Å². The Morgan fingerprint density at radius 1 is 1.20 bits per heavy atom. The number of rotatable bonds is 4. The lowest BCUT2D eigenvalue weighted by molar-refractivity contribution is 0.151. The highest BCUT2D eigenvalue weighted by atomic mass is 19.3. The lowest BCUT2D eigenvalue weighted by Gasteiger charge is -2.15. The van der Waals surface area contributed by atoms with Gasteiger partial charge in [0.05, 0.1) is 23.6 Å². The van der Waals surface area contributed by atoms with Gasteiger partial charge in [0.2, 0.25) is 0 Å². The largest absolute Gasteiger partial charge is 0.363 e. The molecule has 1 aliphatic rings. The molecule has 2 atom stereocenters. The average Bonchev–Trinajstić information content (AvgIpc) is 3.21. The highest BCUT2D eigenvalue weighted by molar-refractivity contribution is 5.62. The van der Waals surface area contributed by atoms with Crippen LogP contribution in [0.5, 0.6) is 0 Å². The highest BCUT2D eigenvalue weighted by Gasteiger charge is 2.26. The van der Waals surface area contributed by atoms with Gasteiger partial charge in [-0.05, 0) is 24.3 Å². The van der Waals surface area contributed by atoms with E-state index in [9.17, 15) is 13.2 Å². The molecule has 0 saturated carbocycles. The summed E-state index contributed by atoms with van der Waals surface area (Å²) in [6.07, 6.45) is -0.583. The fourth-order valence-electron chi connectivity index (χ4n) is 2.95. The first-order valence-corrected chi connectivity index (χ1v) is 7.96. The van der Waals surface area contributed by atoms with Crippen LogP contribution in [-0.2, 0) is 0 Å². The molecule has 2 N–H and O–H groups in total. The normalized spacial score (nSPS) is 20.5. The molecule has 0 bridgehead atoms. The van der Waals surface area contributed by atoms with E-state index in [-0.39, 0.29) is 11.6 Å². The van der Waals surface area contributed by atoms with Gasteiger partial charge in [0.1, 0.15) is 17.6 Å². The van der Waals surface area contributed by atoms with E-state index in [0.717, 1.165) is 0 Å². The molecule has 4 heterocycles. The molecule has 1 unspecified atom stereocenters. The molecular weight excluding hydrogens is 331 g/mol. The Balaban J connectivity index is 1.68. The van der Waals surface area contributed by atoms with Crippen molar-refractivity contribution in [1.82, 2.24) is 19.7 Å². The molecule has 0 amide bonds. The van der Waals surface area contributed by atoms with Gasteiger partial charge in [-0.25, -0.2) is 23.1 Å². The first-order chi connectivity index (χ1) is 12.1. The van der Waals surface area contributed by atoms with Gasteiger partial charge in [0.25, 0.3) is 6.43 Å². The standard InChI is InChI=1S/C17H16F3N5/c18-11-6-21-7-13(11)24-15-3-1-2-12(23-15)14-8-22-16-5-4-10(17(19)20)9-25(14)16/h1-5,8-9,11,13,17,21H,6-7H2,(H,23,24)/t11?,13-/m0/s1. The number of anilines is 1. The molecule has 4 rings (SSSR count). The van der Waals surface area contributed by atoms with E-state index >= 15 is 0 Å². The number of hydrogen-bond acceptors (Lipinski definition) is 4. The number of nitrogens with zero attached hydrogens (tertiary/aromatic N) is 3. The fraction of sp³-hybridized carbons (Fsp3) is 0.294. The van der Waals surface area contributed by atoms with Crippen molar-refractivity contribution < 1.29 is 13.2 Å². The van der Waals surface area contributed by atoms with Crippen LogP contribution in [0.15, 0.2) is 42.7 Å². The molecule has 0 aromatic carbocycles. The van der Waals surface area contributed by atoms with E-state index in [1.54, 1.807) is 34.9 Å². The monoisotopic (exact) mass is 347 g/mol. The minimum atomic E-state index is -2.56. The number of aromatic nitrogens is 3. The number of halogens is 3. The van der Waals surface area contributed by atoms with Gasteiger partial charge in [-0.1, -0.05) is 6.07 Å². The van der Waals surface area contributed by atoms with Gasteiger partial charge in [0.15, 0.2) is 0 Å². The molecule has 130 valence electrons. The topological polar surface area (TPSA) is 54.2 Å². The van der Waals surface area contributed by atoms with Crippen LogP contribution >= 0.6 is 0 Å². The molecule has 3 aromatic heterocycles. The average molecular weight is 347 g/mol. The van der Waals surface area contributed by atoms with Crippen LogP contribution in [0.3, 0.4) is 0 Å². The summed E-state index contributed by atoms with van der Waals surface area (Å²) in [5.41, 5.74) is 1.65. The van der Waals surface area contributed by atoms with Crippen LogP contribution in [-0.4, -0.2) is 39.7 Å². The number of fused-ring (bicyclic) bond motifs is 1. The highest BCUT2D eigenvalue weighted by Crippen LogP contribution is 2.25. The maximum atomic E-state index is 13.7. The SMILES string of the molecule is FC(F)c1ccc2ncc(-c3cccc(N[C@H]4CNCC4F)n3)n2c1. The second-order valence-corrected chi connectivity index (χ2v) is 5.97. The Morgan fingerprint density at radius 2 is 2.08 bits per heavy atom. The molecule has 1 aliphatic heterocycles. The van der Waals surface area contributed by atoms with Gasteiger partial charge in [-0.15, -0.1) is 0 Å². The lowest BCUT2D eigenvalue weighted by atomic mass is 10.2. The van der Waals surface area contributed by atoms with E-state index in [0.29, 0.717) is 35.9 Å². The summed E-state index contributed by atoms with van der Waals surface area (Å²) in [7, 11) is 0. The quantitative estimate of drug-likeness (QED) is 0.762. The zero-order valence-corrected chi connectivity index (χ0v) is 13.2. The van der Waals surface area contributed by atoms with Gasteiger partial charge >= 0.3 is 0 Å². The van der Waals surface area contributed by atoms with E-state index in [4.69, 9.17) is 0 Å². The van der Waals surface area contributed by atoms with Crippen LogP contribution in [0, 0.1) is 0 Å². The van der Waals surface area contributed by atoms with E-state index < -0.39 is 12.6 Å². The second kappa shape index (κ2) is 6.36. The Morgan fingerprint density at radius 3 is 2.84 bits per heavy atom. The predicted molar refractivity (Wildman–Crippen MR) is 88.6 cm³/mol. The molecule has 5 nitrogen and oxygen atoms in total. The van der Waals surface area contributed by atoms with Crippen molar-refractivity contribution in [1.29, 1.82) is 0 Å². The van der Waals surface area contributed by atoms with Crippen molar-refractivity contribution in [2.24, 2.45) is 0 Å². The Kier molecular flexibility index (Phi) is 4.04. The van der Waals surface area contributed by atoms with Crippen molar-refractivity contribution in [3.8, 4) is 11.4 Å². The van der Waals surface area contributed by atoms with E-state index in [2.05, 4.69) is 20.6 Å². The maximum Gasteiger partial charge on any atom is 0.265 e. The van der Waals surface area contributed by atoms with Gasteiger partial charge in [-0.2, -0.15) is 0 Å². The zero-order valence-electron chi connectivity index (χ0n) is 13.2. The summed E-state index contributed by atoms with van der Waals surface area (Å²) in [6, 6.07) is 7.87. The summed E-state index contributed by atoms with van der Waals surface area (Å²) in [5, 5.41) is 6.05. The Labute approximate surface area is 141 Å². The molecule has 0 aliphatic carbocycles. The third kappa shape index (κ3) is 3.05. The number of hydrogen-bond donors (Lipinski definition) is 2.